The van der Waals surface area contributed by atoms with E-state index in [1.807, 2.05) is 12.1 Å². The number of oxime groups is 1. The normalized spacial score (nSPS) is 20.4. The molecule has 0 radical (unpaired) electrons. The first-order valence-electron chi connectivity index (χ1n) is 7.27. The molecule has 0 spiro atoms. The van der Waals surface area contributed by atoms with Gasteiger partial charge in [-0.05, 0) is 30.7 Å². The predicted octanol–water partition coefficient (Wildman–Crippen LogP) is 1.99. The molecule has 1 heterocycles. The van der Waals surface area contributed by atoms with E-state index >= 15 is 0 Å². The first-order chi connectivity index (χ1) is 10.2. The number of nitrogens with zero attached hydrogens (tertiary/aromatic N) is 2. The highest BCUT2D eigenvalue weighted by atomic mass is 32.2. The van der Waals surface area contributed by atoms with Crippen LogP contribution in [0.5, 0.6) is 5.75 Å². The highest BCUT2D eigenvalue weighted by Crippen LogP contribution is 2.20. The van der Waals surface area contributed by atoms with Crippen LogP contribution in [0.2, 0.25) is 0 Å². The van der Waals surface area contributed by atoms with Crippen molar-refractivity contribution >= 4 is 17.6 Å². The van der Waals surface area contributed by atoms with E-state index in [2.05, 4.69) is 28.7 Å². The van der Waals surface area contributed by atoms with Crippen molar-refractivity contribution in [3.05, 3.63) is 29.8 Å². The van der Waals surface area contributed by atoms with Crippen molar-refractivity contribution in [2.24, 2.45) is 10.9 Å². The average molecular weight is 309 g/mol. The van der Waals surface area contributed by atoms with Crippen molar-refractivity contribution in [1.29, 1.82) is 0 Å². The molecule has 6 heteroatoms. The van der Waals surface area contributed by atoms with Crippen LogP contribution in [0.15, 0.2) is 29.4 Å². The van der Waals surface area contributed by atoms with Crippen molar-refractivity contribution in [3.8, 4) is 5.75 Å². The molecular formula is C15H23N3O2S. The van der Waals surface area contributed by atoms with E-state index in [1.54, 1.807) is 12.1 Å². The second kappa shape index (κ2) is 8.14. The predicted molar refractivity (Wildman–Crippen MR) is 87.4 cm³/mol. The molecule has 0 saturated carbocycles. The van der Waals surface area contributed by atoms with Crippen LogP contribution >= 0.6 is 11.8 Å². The Morgan fingerprint density at radius 2 is 2.24 bits per heavy atom. The molecule has 3 N–H and O–H groups in total. The van der Waals surface area contributed by atoms with Crippen LogP contribution in [0, 0.1) is 0 Å². The zero-order valence-corrected chi connectivity index (χ0v) is 13.2. The lowest BCUT2D eigenvalue weighted by molar-refractivity contribution is 0.212. The number of ether oxygens (including phenoxy) is 1. The van der Waals surface area contributed by atoms with Crippen LogP contribution in [0.1, 0.15) is 18.9 Å². The molecule has 1 fully saturated rings. The van der Waals surface area contributed by atoms with Crippen molar-refractivity contribution in [3.63, 3.8) is 0 Å². The summed E-state index contributed by atoms with van der Waals surface area (Å²) in [7, 11) is 0. The van der Waals surface area contributed by atoms with E-state index in [9.17, 15) is 0 Å². The van der Waals surface area contributed by atoms with Gasteiger partial charge in [0.2, 0.25) is 0 Å². The molecule has 0 bridgehead atoms. The number of hydrogen-bond donors (Lipinski definition) is 2. The SMILES string of the molecule is CCC1CN(CCOc2ccc(/C(N)=N/O)cc2)CCS1. The number of benzene rings is 1. The molecule has 2 rings (SSSR count). The summed E-state index contributed by atoms with van der Waals surface area (Å²) in [6.45, 7) is 6.20. The number of thioether (sulfide) groups is 1. The van der Waals surface area contributed by atoms with Gasteiger partial charge in [-0.3, -0.25) is 4.90 Å². The summed E-state index contributed by atoms with van der Waals surface area (Å²) in [5, 5.41) is 12.3. The van der Waals surface area contributed by atoms with Gasteiger partial charge in [-0.2, -0.15) is 11.8 Å². The van der Waals surface area contributed by atoms with E-state index in [-0.39, 0.29) is 5.84 Å². The monoisotopic (exact) mass is 309 g/mol. The van der Waals surface area contributed by atoms with Gasteiger partial charge in [0, 0.05) is 36.2 Å². The third kappa shape index (κ3) is 4.82. The van der Waals surface area contributed by atoms with Crippen molar-refractivity contribution in [2.45, 2.75) is 18.6 Å². The summed E-state index contributed by atoms with van der Waals surface area (Å²) in [4.78, 5) is 2.47. The Morgan fingerprint density at radius 3 is 2.90 bits per heavy atom. The van der Waals surface area contributed by atoms with Gasteiger partial charge < -0.3 is 15.7 Å². The third-order valence-corrected chi connectivity index (χ3v) is 4.98. The van der Waals surface area contributed by atoms with Gasteiger partial charge >= 0.3 is 0 Å². The van der Waals surface area contributed by atoms with Gasteiger partial charge in [0.1, 0.15) is 12.4 Å². The minimum atomic E-state index is 0.109. The topological polar surface area (TPSA) is 71.1 Å². The summed E-state index contributed by atoms with van der Waals surface area (Å²) in [6, 6.07) is 7.26. The van der Waals surface area contributed by atoms with E-state index in [0.717, 1.165) is 30.6 Å². The molecule has 116 valence electrons. The fourth-order valence-corrected chi connectivity index (χ4v) is 3.55. The Kier molecular flexibility index (Phi) is 6.20. The molecule has 1 unspecified atom stereocenters. The Hall–Kier alpha value is -1.40. The largest absolute Gasteiger partial charge is 0.492 e. The summed E-state index contributed by atoms with van der Waals surface area (Å²) in [5.74, 6) is 2.13. The van der Waals surface area contributed by atoms with Crippen LogP contribution in [0.4, 0.5) is 0 Å². The van der Waals surface area contributed by atoms with Gasteiger partial charge in [-0.15, -0.1) is 0 Å². The van der Waals surface area contributed by atoms with E-state index < -0.39 is 0 Å². The van der Waals surface area contributed by atoms with Crippen LogP contribution < -0.4 is 10.5 Å². The molecule has 0 amide bonds. The molecule has 1 aromatic rings. The maximum atomic E-state index is 8.61. The summed E-state index contributed by atoms with van der Waals surface area (Å²) < 4.78 is 5.75. The Balaban J connectivity index is 1.75. The highest BCUT2D eigenvalue weighted by molar-refractivity contribution is 8.00. The molecule has 5 nitrogen and oxygen atoms in total. The fraction of sp³-hybridized carbons (Fsp3) is 0.533. The molecule has 1 atom stereocenters. The molecule has 1 aliphatic rings. The highest BCUT2D eigenvalue weighted by Gasteiger charge is 2.18. The van der Waals surface area contributed by atoms with Crippen molar-refractivity contribution < 1.29 is 9.94 Å². The minimum absolute atomic E-state index is 0.109. The molecule has 0 aromatic heterocycles. The first kappa shape index (κ1) is 16.0. The lowest BCUT2D eigenvalue weighted by Gasteiger charge is -2.31. The summed E-state index contributed by atoms with van der Waals surface area (Å²) in [6.07, 6.45) is 1.23. The maximum Gasteiger partial charge on any atom is 0.170 e. The smallest absolute Gasteiger partial charge is 0.170 e. The van der Waals surface area contributed by atoms with E-state index in [1.165, 1.54) is 12.2 Å². The summed E-state index contributed by atoms with van der Waals surface area (Å²) in [5.41, 5.74) is 6.20. The Morgan fingerprint density at radius 1 is 1.48 bits per heavy atom. The first-order valence-corrected chi connectivity index (χ1v) is 8.32. The number of nitrogens with two attached hydrogens (primary N) is 1. The standard InChI is InChI=1S/C15H23N3O2S/c1-2-14-11-18(8-10-21-14)7-9-20-13-5-3-12(4-6-13)15(16)17-19/h3-6,14,19H,2,7-11H2,1H3,(H2,16,17). The Bertz CT molecular complexity index is 464. The van der Waals surface area contributed by atoms with E-state index in [0.29, 0.717) is 12.2 Å². The second-order valence-electron chi connectivity index (χ2n) is 5.06. The van der Waals surface area contributed by atoms with Crippen LogP contribution in [-0.2, 0) is 0 Å². The minimum Gasteiger partial charge on any atom is -0.492 e. The second-order valence-corrected chi connectivity index (χ2v) is 6.47. The maximum absolute atomic E-state index is 8.61. The van der Waals surface area contributed by atoms with Crippen LogP contribution in [0.3, 0.4) is 0 Å². The lowest BCUT2D eigenvalue weighted by Crippen LogP contribution is -2.39. The molecule has 21 heavy (non-hydrogen) atoms. The molecule has 0 aliphatic carbocycles. The molecule has 1 aliphatic heterocycles. The number of amidine groups is 1. The molecule has 1 aromatic carbocycles. The van der Waals surface area contributed by atoms with Crippen LogP contribution in [0.25, 0.3) is 0 Å². The van der Waals surface area contributed by atoms with Gasteiger partial charge in [-0.1, -0.05) is 12.1 Å². The molecular weight excluding hydrogens is 286 g/mol. The van der Waals surface area contributed by atoms with Crippen molar-refractivity contribution in [1.82, 2.24) is 4.90 Å². The average Bonchev–Trinajstić information content (AvgIpc) is 2.55. The van der Waals surface area contributed by atoms with Gasteiger partial charge in [0.25, 0.3) is 0 Å². The zero-order chi connectivity index (χ0) is 15.1. The lowest BCUT2D eigenvalue weighted by atomic mass is 10.2. The van der Waals surface area contributed by atoms with Crippen molar-refractivity contribution in [2.75, 3.05) is 32.0 Å². The summed E-state index contributed by atoms with van der Waals surface area (Å²) >= 11 is 2.08. The van der Waals surface area contributed by atoms with Gasteiger partial charge in [0.05, 0.1) is 0 Å². The van der Waals surface area contributed by atoms with E-state index in [4.69, 9.17) is 15.7 Å². The Labute approximate surface area is 130 Å². The quantitative estimate of drug-likeness (QED) is 0.364. The fourth-order valence-electron chi connectivity index (χ4n) is 2.30. The van der Waals surface area contributed by atoms with Gasteiger partial charge in [-0.25, -0.2) is 0 Å². The number of rotatable bonds is 6. The third-order valence-electron chi connectivity index (χ3n) is 3.61. The zero-order valence-electron chi connectivity index (χ0n) is 12.4. The number of hydrogen-bond acceptors (Lipinski definition) is 5. The van der Waals surface area contributed by atoms with Crippen LogP contribution in [-0.4, -0.2) is 53.2 Å². The molecule has 1 saturated heterocycles. The van der Waals surface area contributed by atoms with Gasteiger partial charge in [0.15, 0.2) is 5.84 Å².